The second-order valence-electron chi connectivity index (χ2n) is 3.68. The van der Waals surface area contributed by atoms with Crippen molar-refractivity contribution in [2.75, 3.05) is 7.05 Å². The van der Waals surface area contributed by atoms with Gasteiger partial charge in [-0.25, -0.2) is 0 Å². The second-order valence-corrected chi connectivity index (χ2v) is 4.77. The Morgan fingerprint density at radius 1 is 1.56 bits per heavy atom. The SMILES string of the molecule is CNC1=N[C@H]2[C@@H](O)[C@H](O)[C@@H](CC#N)O[C@H]2S1. The summed E-state index contributed by atoms with van der Waals surface area (Å²) in [5.74, 6) is 0. The molecule has 0 aromatic rings. The zero-order valence-corrected chi connectivity index (χ0v) is 9.52. The van der Waals surface area contributed by atoms with Gasteiger partial charge < -0.3 is 20.3 Å². The highest BCUT2D eigenvalue weighted by molar-refractivity contribution is 8.14. The minimum atomic E-state index is -1.05. The summed E-state index contributed by atoms with van der Waals surface area (Å²) in [5.41, 5.74) is -0.320. The third-order valence-electron chi connectivity index (χ3n) is 2.67. The van der Waals surface area contributed by atoms with E-state index >= 15 is 0 Å². The van der Waals surface area contributed by atoms with E-state index in [4.69, 9.17) is 10.00 Å². The van der Waals surface area contributed by atoms with Gasteiger partial charge in [0.1, 0.15) is 29.8 Å². The molecule has 0 radical (unpaired) electrons. The number of nitriles is 1. The normalized spacial score (nSPS) is 42.1. The number of thioether (sulfide) groups is 1. The molecule has 0 unspecified atom stereocenters. The van der Waals surface area contributed by atoms with Crippen LogP contribution in [0.2, 0.25) is 0 Å². The van der Waals surface area contributed by atoms with Gasteiger partial charge >= 0.3 is 0 Å². The first-order valence-electron chi connectivity index (χ1n) is 4.98. The van der Waals surface area contributed by atoms with Crippen molar-refractivity contribution in [3.05, 3.63) is 0 Å². The molecule has 2 aliphatic rings. The number of hydrogen-bond acceptors (Lipinski definition) is 7. The van der Waals surface area contributed by atoms with Crippen LogP contribution >= 0.6 is 11.8 Å². The lowest BCUT2D eigenvalue weighted by Gasteiger charge is -2.37. The van der Waals surface area contributed by atoms with Crippen molar-refractivity contribution in [1.29, 1.82) is 5.26 Å². The number of fused-ring (bicyclic) bond motifs is 1. The van der Waals surface area contributed by atoms with E-state index in [0.29, 0.717) is 5.17 Å². The third-order valence-corrected chi connectivity index (χ3v) is 3.82. The maximum absolute atomic E-state index is 9.87. The monoisotopic (exact) mass is 243 g/mol. The number of aliphatic hydroxyl groups is 2. The molecular weight excluding hydrogens is 230 g/mol. The Hall–Kier alpha value is -0.810. The minimum absolute atomic E-state index is 0.0664. The lowest BCUT2D eigenvalue weighted by molar-refractivity contribution is -0.150. The van der Waals surface area contributed by atoms with E-state index in [-0.39, 0.29) is 11.9 Å². The summed E-state index contributed by atoms with van der Waals surface area (Å²) >= 11 is 1.37. The molecule has 2 aliphatic heterocycles. The average Bonchev–Trinajstić information content (AvgIpc) is 2.69. The zero-order chi connectivity index (χ0) is 11.7. The topological polar surface area (TPSA) is 97.9 Å². The third kappa shape index (κ3) is 1.89. The summed E-state index contributed by atoms with van der Waals surface area (Å²) in [6.07, 6.45) is -2.60. The van der Waals surface area contributed by atoms with Crippen molar-refractivity contribution in [1.82, 2.24) is 5.32 Å². The van der Waals surface area contributed by atoms with Crippen molar-refractivity contribution in [3.8, 4) is 6.07 Å². The summed E-state index contributed by atoms with van der Waals surface area (Å²) in [5, 5.41) is 31.8. The summed E-state index contributed by atoms with van der Waals surface area (Å²) in [6, 6.07) is 1.47. The van der Waals surface area contributed by atoms with E-state index in [1.54, 1.807) is 7.05 Å². The summed E-state index contributed by atoms with van der Waals surface area (Å²) in [4.78, 5) is 4.21. The predicted octanol–water partition coefficient (Wildman–Crippen LogP) is -0.962. The van der Waals surface area contributed by atoms with Gasteiger partial charge in [-0.1, -0.05) is 11.8 Å². The van der Waals surface area contributed by atoms with Crippen molar-refractivity contribution in [2.24, 2.45) is 4.99 Å². The van der Waals surface area contributed by atoms with Crippen LogP contribution in [0.4, 0.5) is 0 Å². The Labute approximate surface area is 97.3 Å². The molecule has 3 N–H and O–H groups in total. The largest absolute Gasteiger partial charge is 0.388 e. The fourth-order valence-corrected chi connectivity index (χ4v) is 2.89. The molecule has 88 valence electrons. The van der Waals surface area contributed by atoms with Crippen LogP contribution < -0.4 is 5.32 Å². The minimum Gasteiger partial charge on any atom is -0.388 e. The molecule has 2 rings (SSSR count). The Kier molecular flexibility index (Phi) is 3.35. The number of hydrogen-bond donors (Lipinski definition) is 3. The fraction of sp³-hybridized carbons (Fsp3) is 0.778. The van der Waals surface area contributed by atoms with Gasteiger partial charge in [-0.05, 0) is 0 Å². The quantitative estimate of drug-likeness (QED) is 0.548. The molecule has 1 fully saturated rings. The van der Waals surface area contributed by atoms with Gasteiger partial charge in [-0.3, -0.25) is 4.99 Å². The van der Waals surface area contributed by atoms with Crippen LogP contribution in [0.25, 0.3) is 0 Å². The van der Waals surface area contributed by atoms with E-state index in [1.807, 2.05) is 6.07 Å². The van der Waals surface area contributed by atoms with Crippen LogP contribution in [-0.2, 0) is 4.74 Å². The van der Waals surface area contributed by atoms with Crippen molar-refractivity contribution in [3.63, 3.8) is 0 Å². The maximum atomic E-state index is 9.87. The van der Waals surface area contributed by atoms with Crippen LogP contribution in [0.15, 0.2) is 4.99 Å². The number of aliphatic hydroxyl groups excluding tert-OH is 2. The molecule has 0 aliphatic carbocycles. The second kappa shape index (κ2) is 4.59. The predicted molar refractivity (Wildman–Crippen MR) is 58.8 cm³/mol. The lowest BCUT2D eigenvalue weighted by atomic mass is 9.97. The molecular formula is C9H13N3O3S. The maximum Gasteiger partial charge on any atom is 0.159 e. The van der Waals surface area contributed by atoms with Gasteiger partial charge in [-0.2, -0.15) is 5.26 Å². The Morgan fingerprint density at radius 3 is 2.94 bits per heavy atom. The van der Waals surface area contributed by atoms with Crippen LogP contribution in [0.3, 0.4) is 0 Å². The Morgan fingerprint density at radius 2 is 2.31 bits per heavy atom. The van der Waals surface area contributed by atoms with Crippen LogP contribution in [0.1, 0.15) is 6.42 Å². The van der Waals surface area contributed by atoms with Gasteiger partial charge in [0.15, 0.2) is 5.17 Å². The summed E-state index contributed by atoms with van der Waals surface area (Å²) < 4.78 is 5.54. The number of amidine groups is 1. The van der Waals surface area contributed by atoms with Crippen molar-refractivity contribution in [2.45, 2.75) is 36.2 Å². The van der Waals surface area contributed by atoms with Crippen LogP contribution in [0.5, 0.6) is 0 Å². The number of nitrogens with one attached hydrogen (secondary N) is 1. The number of aliphatic imine (C=N–C) groups is 1. The Balaban J connectivity index is 2.11. The zero-order valence-electron chi connectivity index (χ0n) is 8.70. The van der Waals surface area contributed by atoms with Crippen LogP contribution in [-0.4, -0.2) is 52.2 Å². The molecule has 6 nitrogen and oxygen atoms in total. The number of nitrogens with zero attached hydrogens (tertiary/aromatic N) is 2. The Bertz CT molecular complexity index is 343. The molecule has 0 aromatic heterocycles. The first kappa shape index (κ1) is 11.7. The highest BCUT2D eigenvalue weighted by Gasteiger charge is 2.47. The first-order chi connectivity index (χ1) is 7.67. The highest BCUT2D eigenvalue weighted by Crippen LogP contribution is 2.36. The molecule has 16 heavy (non-hydrogen) atoms. The van der Waals surface area contributed by atoms with E-state index < -0.39 is 24.4 Å². The van der Waals surface area contributed by atoms with Gasteiger partial charge in [-0.15, -0.1) is 0 Å². The molecule has 0 amide bonds. The lowest BCUT2D eigenvalue weighted by Crippen LogP contribution is -2.54. The molecule has 1 saturated heterocycles. The summed E-state index contributed by atoms with van der Waals surface area (Å²) in [6.45, 7) is 0. The molecule has 5 atom stereocenters. The van der Waals surface area contributed by atoms with Crippen LogP contribution in [0, 0.1) is 11.3 Å². The van der Waals surface area contributed by atoms with E-state index in [0.717, 1.165) is 0 Å². The van der Waals surface area contributed by atoms with Gasteiger partial charge in [0.25, 0.3) is 0 Å². The van der Waals surface area contributed by atoms with Gasteiger partial charge in [0.05, 0.1) is 12.5 Å². The number of ether oxygens (including phenoxy) is 1. The van der Waals surface area contributed by atoms with Gasteiger partial charge in [0.2, 0.25) is 0 Å². The van der Waals surface area contributed by atoms with E-state index in [9.17, 15) is 10.2 Å². The first-order valence-corrected chi connectivity index (χ1v) is 5.86. The molecule has 2 heterocycles. The molecule has 7 heteroatoms. The van der Waals surface area contributed by atoms with E-state index in [1.165, 1.54) is 11.8 Å². The fourth-order valence-electron chi connectivity index (χ4n) is 1.81. The average molecular weight is 243 g/mol. The van der Waals surface area contributed by atoms with Crippen molar-refractivity contribution < 1.29 is 14.9 Å². The number of rotatable bonds is 1. The van der Waals surface area contributed by atoms with Crippen molar-refractivity contribution >= 4 is 16.9 Å². The molecule has 0 aromatic carbocycles. The standard InChI is InChI=1S/C9H13N3O3S/c1-11-9-12-5-7(14)6(13)4(2-3-10)15-8(5)16-9/h4-8,13-14H,2H2,1H3,(H,11,12)/t4-,5+,6-,7-,8+/m1/s1. The molecule has 0 bridgehead atoms. The molecule has 0 spiro atoms. The summed E-state index contributed by atoms with van der Waals surface area (Å²) in [7, 11) is 1.73. The highest BCUT2D eigenvalue weighted by atomic mass is 32.2. The van der Waals surface area contributed by atoms with E-state index in [2.05, 4.69) is 10.3 Å². The smallest absolute Gasteiger partial charge is 0.159 e. The molecule has 0 saturated carbocycles. The van der Waals surface area contributed by atoms with Gasteiger partial charge in [0, 0.05) is 7.05 Å².